The molecule has 1 heterocycles. The first kappa shape index (κ1) is 12.9. The molecule has 2 saturated carbocycles. The summed E-state index contributed by atoms with van der Waals surface area (Å²) in [5.74, 6) is 2.04. The highest BCUT2D eigenvalue weighted by Crippen LogP contribution is 2.61. The molecule has 4 rings (SSSR count). The van der Waals surface area contributed by atoms with Gasteiger partial charge in [0.2, 0.25) is 0 Å². The van der Waals surface area contributed by atoms with Crippen LogP contribution in [0, 0.1) is 17.3 Å². The monoisotopic (exact) mass is 332 g/mol. The van der Waals surface area contributed by atoms with Crippen molar-refractivity contribution in [2.45, 2.75) is 39.2 Å². The Morgan fingerprint density at radius 1 is 1.30 bits per heavy atom. The summed E-state index contributed by atoms with van der Waals surface area (Å²) in [5, 5.41) is 7.38. The van der Waals surface area contributed by atoms with Crippen molar-refractivity contribution < 1.29 is 0 Å². The van der Waals surface area contributed by atoms with Gasteiger partial charge in [0.15, 0.2) is 0 Å². The summed E-state index contributed by atoms with van der Waals surface area (Å²) in [6.07, 6.45) is 5.42. The zero-order valence-electron chi connectivity index (χ0n) is 12.0. The van der Waals surface area contributed by atoms with E-state index in [-0.39, 0.29) is 0 Å². The number of rotatable bonds is 4. The molecule has 2 aromatic rings. The topological polar surface area (TPSA) is 17.8 Å². The molecule has 0 aliphatic heterocycles. The molecule has 20 heavy (non-hydrogen) atoms. The van der Waals surface area contributed by atoms with E-state index in [0.29, 0.717) is 5.41 Å². The Labute approximate surface area is 128 Å². The summed E-state index contributed by atoms with van der Waals surface area (Å²) < 4.78 is 2.16. The van der Waals surface area contributed by atoms with Gasteiger partial charge >= 0.3 is 0 Å². The van der Waals surface area contributed by atoms with E-state index in [9.17, 15) is 0 Å². The van der Waals surface area contributed by atoms with Gasteiger partial charge in [-0.2, -0.15) is 5.10 Å². The quantitative estimate of drug-likeness (QED) is 0.758. The minimum absolute atomic E-state index is 0.462. The number of alkyl halides is 1. The van der Waals surface area contributed by atoms with Crippen LogP contribution in [0.4, 0.5) is 0 Å². The SMILES string of the molecule is CCn1nc(CC2(CBr)CC3CC3C2)c2ccccc21. The van der Waals surface area contributed by atoms with Crippen LogP contribution in [0.5, 0.6) is 0 Å². The van der Waals surface area contributed by atoms with Gasteiger partial charge in [0.25, 0.3) is 0 Å². The van der Waals surface area contributed by atoms with Crippen LogP contribution >= 0.6 is 15.9 Å². The van der Waals surface area contributed by atoms with Crippen LogP contribution in [0.1, 0.15) is 31.9 Å². The number of benzene rings is 1. The highest BCUT2D eigenvalue weighted by atomic mass is 79.9. The molecule has 2 nitrogen and oxygen atoms in total. The van der Waals surface area contributed by atoms with Gasteiger partial charge in [0, 0.05) is 17.3 Å². The summed E-state index contributed by atoms with van der Waals surface area (Å²) >= 11 is 3.79. The fourth-order valence-electron chi connectivity index (χ4n) is 4.23. The zero-order chi connectivity index (χ0) is 13.7. The molecule has 0 spiro atoms. The van der Waals surface area contributed by atoms with E-state index in [1.807, 2.05) is 0 Å². The molecular weight excluding hydrogens is 312 g/mol. The Morgan fingerprint density at radius 2 is 2.05 bits per heavy atom. The highest BCUT2D eigenvalue weighted by Gasteiger charge is 2.53. The number of para-hydroxylation sites is 1. The average molecular weight is 333 g/mol. The third-order valence-corrected chi connectivity index (χ3v) is 6.51. The third kappa shape index (κ3) is 1.93. The minimum atomic E-state index is 0.462. The molecule has 2 atom stereocenters. The minimum Gasteiger partial charge on any atom is -0.265 e. The maximum atomic E-state index is 4.90. The predicted octanol–water partition coefficient (Wildman–Crippen LogP) is 4.41. The van der Waals surface area contributed by atoms with Crippen LogP contribution in [0.3, 0.4) is 0 Å². The molecule has 3 heteroatoms. The number of halogens is 1. The predicted molar refractivity (Wildman–Crippen MR) is 86.2 cm³/mol. The maximum absolute atomic E-state index is 4.90. The molecule has 1 aromatic carbocycles. The fraction of sp³-hybridized carbons (Fsp3) is 0.588. The Balaban J connectivity index is 1.71. The van der Waals surface area contributed by atoms with Crippen LogP contribution in [0.2, 0.25) is 0 Å². The van der Waals surface area contributed by atoms with E-state index in [1.165, 1.54) is 35.9 Å². The lowest BCUT2D eigenvalue weighted by atomic mass is 9.80. The van der Waals surface area contributed by atoms with Gasteiger partial charge in [-0.15, -0.1) is 0 Å². The number of fused-ring (bicyclic) bond motifs is 2. The summed E-state index contributed by atoms with van der Waals surface area (Å²) in [6.45, 7) is 3.13. The molecular formula is C17H21BrN2. The van der Waals surface area contributed by atoms with Gasteiger partial charge in [-0.05, 0) is 55.9 Å². The van der Waals surface area contributed by atoms with Crippen molar-refractivity contribution >= 4 is 26.8 Å². The average Bonchev–Trinajstić information content (AvgIpc) is 2.96. The Morgan fingerprint density at radius 3 is 2.75 bits per heavy atom. The molecule has 1 aromatic heterocycles. The highest BCUT2D eigenvalue weighted by molar-refractivity contribution is 9.09. The number of nitrogens with zero attached hydrogens (tertiary/aromatic N) is 2. The van der Waals surface area contributed by atoms with Crippen molar-refractivity contribution in [1.29, 1.82) is 0 Å². The fourth-order valence-corrected chi connectivity index (χ4v) is 4.89. The van der Waals surface area contributed by atoms with E-state index >= 15 is 0 Å². The van der Waals surface area contributed by atoms with Crippen LogP contribution in [-0.4, -0.2) is 15.1 Å². The van der Waals surface area contributed by atoms with E-state index < -0.39 is 0 Å². The second-order valence-electron chi connectivity index (χ2n) is 6.75. The summed E-state index contributed by atoms with van der Waals surface area (Å²) in [6, 6.07) is 8.69. The first-order chi connectivity index (χ1) is 9.74. The number of aryl methyl sites for hydroxylation is 1. The molecule has 0 bridgehead atoms. The first-order valence-corrected chi connectivity index (χ1v) is 8.87. The molecule has 0 N–H and O–H groups in total. The molecule has 0 amide bonds. The number of hydrogen-bond donors (Lipinski definition) is 0. The largest absolute Gasteiger partial charge is 0.265 e. The number of hydrogen-bond acceptors (Lipinski definition) is 1. The van der Waals surface area contributed by atoms with Crippen molar-refractivity contribution in [3.05, 3.63) is 30.0 Å². The molecule has 0 saturated heterocycles. The lowest BCUT2D eigenvalue weighted by molar-refractivity contribution is 0.305. The van der Waals surface area contributed by atoms with E-state index in [1.54, 1.807) is 0 Å². The van der Waals surface area contributed by atoms with Crippen molar-refractivity contribution in [2.24, 2.45) is 17.3 Å². The summed E-state index contributed by atoms with van der Waals surface area (Å²) in [4.78, 5) is 0. The van der Waals surface area contributed by atoms with Gasteiger partial charge in [0.05, 0.1) is 11.2 Å². The third-order valence-electron chi connectivity index (χ3n) is 5.32. The molecule has 0 radical (unpaired) electrons. The van der Waals surface area contributed by atoms with Gasteiger partial charge in [0.1, 0.15) is 0 Å². The van der Waals surface area contributed by atoms with Crippen LogP contribution in [0.15, 0.2) is 24.3 Å². The zero-order valence-corrected chi connectivity index (χ0v) is 13.6. The summed E-state index contributed by atoms with van der Waals surface area (Å²) in [7, 11) is 0. The molecule has 2 aliphatic rings. The van der Waals surface area contributed by atoms with Gasteiger partial charge in [-0.3, -0.25) is 4.68 Å². The van der Waals surface area contributed by atoms with Crippen molar-refractivity contribution in [1.82, 2.24) is 9.78 Å². The van der Waals surface area contributed by atoms with Gasteiger partial charge < -0.3 is 0 Å². The van der Waals surface area contributed by atoms with Crippen molar-refractivity contribution in [3.63, 3.8) is 0 Å². The van der Waals surface area contributed by atoms with Gasteiger partial charge in [-0.25, -0.2) is 0 Å². The van der Waals surface area contributed by atoms with Gasteiger partial charge in [-0.1, -0.05) is 34.1 Å². The molecule has 2 aliphatic carbocycles. The first-order valence-electron chi connectivity index (χ1n) is 7.75. The van der Waals surface area contributed by atoms with Crippen LogP contribution in [0.25, 0.3) is 10.9 Å². The normalized spacial score (nSPS) is 31.7. The lowest BCUT2D eigenvalue weighted by Crippen LogP contribution is -2.24. The Hall–Kier alpha value is -0.830. The van der Waals surface area contributed by atoms with Crippen LogP contribution in [-0.2, 0) is 13.0 Å². The Bertz CT molecular complexity index is 635. The molecule has 2 fully saturated rings. The second-order valence-corrected chi connectivity index (χ2v) is 7.31. The molecule has 2 unspecified atom stereocenters. The van der Waals surface area contributed by atoms with E-state index in [2.05, 4.69) is 51.8 Å². The van der Waals surface area contributed by atoms with Crippen molar-refractivity contribution in [2.75, 3.05) is 5.33 Å². The van der Waals surface area contributed by atoms with Crippen LogP contribution < -0.4 is 0 Å². The second kappa shape index (κ2) is 4.59. The lowest BCUT2D eigenvalue weighted by Gasteiger charge is -2.28. The smallest absolute Gasteiger partial charge is 0.0709 e. The molecule has 106 valence electrons. The standard InChI is InChI=1S/C17H21BrN2/c1-2-20-16-6-4-3-5-14(16)15(19-20)10-17(11-18)8-12-7-13(12)9-17/h3-6,12-13H,2,7-11H2,1H3. The Kier molecular flexibility index (Phi) is 2.95. The summed E-state index contributed by atoms with van der Waals surface area (Å²) in [5.41, 5.74) is 3.06. The van der Waals surface area contributed by atoms with Crippen molar-refractivity contribution in [3.8, 4) is 0 Å². The van der Waals surface area contributed by atoms with E-state index in [0.717, 1.165) is 30.1 Å². The maximum Gasteiger partial charge on any atom is 0.0709 e. The van der Waals surface area contributed by atoms with E-state index in [4.69, 9.17) is 5.10 Å². The number of aromatic nitrogens is 2.